The van der Waals surface area contributed by atoms with Crippen molar-refractivity contribution < 1.29 is 13.9 Å². The summed E-state index contributed by atoms with van der Waals surface area (Å²) < 4.78 is 12.6. The minimum atomic E-state index is -0.799. The Bertz CT molecular complexity index is 1600. The molecule has 0 saturated carbocycles. The van der Waals surface area contributed by atoms with E-state index < -0.39 is 11.6 Å². The van der Waals surface area contributed by atoms with Gasteiger partial charge in [-0.3, -0.25) is 4.40 Å². The van der Waals surface area contributed by atoms with Gasteiger partial charge in [0.2, 0.25) is 0 Å². The summed E-state index contributed by atoms with van der Waals surface area (Å²) >= 11 is 1.36. The molecule has 5 aromatic rings. The highest BCUT2D eigenvalue weighted by Crippen LogP contribution is 2.39. The molecule has 0 amide bonds. The molecule has 0 aliphatic rings. The van der Waals surface area contributed by atoms with Gasteiger partial charge < -0.3 is 9.15 Å². The largest absolute Gasteiger partial charge is 0.462 e. The summed E-state index contributed by atoms with van der Waals surface area (Å²) in [5.41, 5.74) is 2.50. The fourth-order valence-electron chi connectivity index (χ4n) is 3.56. The van der Waals surface area contributed by atoms with E-state index >= 15 is 0 Å². The van der Waals surface area contributed by atoms with Crippen molar-refractivity contribution in [1.82, 2.24) is 9.38 Å². The van der Waals surface area contributed by atoms with E-state index in [4.69, 9.17) is 14.1 Å². The van der Waals surface area contributed by atoms with Crippen molar-refractivity contribution in [3.63, 3.8) is 0 Å². The van der Waals surface area contributed by atoms with Gasteiger partial charge in [-0.2, -0.15) is 5.11 Å². The van der Waals surface area contributed by atoms with Crippen LogP contribution in [-0.4, -0.2) is 22.0 Å². The number of rotatable bonds is 6. The van der Waals surface area contributed by atoms with Crippen molar-refractivity contribution in [2.24, 2.45) is 10.2 Å². The average Bonchev–Trinajstić information content (AvgIpc) is 3.43. The van der Waals surface area contributed by atoms with Crippen LogP contribution in [0, 0.1) is 6.92 Å². The number of esters is 1. The monoisotopic (exact) mass is 484 g/mol. The number of fused-ring (bicyclic) bond motifs is 1. The van der Waals surface area contributed by atoms with E-state index in [1.54, 1.807) is 19.1 Å². The lowest BCUT2D eigenvalue weighted by Gasteiger charge is -2.06. The van der Waals surface area contributed by atoms with E-state index in [1.165, 1.54) is 17.4 Å². The standard InChI is InChI=1S/C26H20N4O4S/c1-3-33-24(31)19-14-20(29-28-18-12-8-5-9-13-18)22(34-25(19)32)23-16(2)30-15-21(27-26(30)35-23)17-10-6-4-7-11-17/h4-15H,3H2,1-2H3. The molecule has 0 bridgehead atoms. The van der Waals surface area contributed by atoms with E-state index in [0.717, 1.165) is 21.9 Å². The van der Waals surface area contributed by atoms with Crippen LogP contribution in [0.1, 0.15) is 23.0 Å². The van der Waals surface area contributed by atoms with E-state index in [9.17, 15) is 9.59 Å². The molecule has 0 radical (unpaired) electrons. The Morgan fingerprint density at radius 1 is 1.09 bits per heavy atom. The summed E-state index contributed by atoms with van der Waals surface area (Å²) in [4.78, 5) is 31.2. The van der Waals surface area contributed by atoms with Crippen LogP contribution in [0.25, 0.3) is 26.9 Å². The Hall–Kier alpha value is -4.37. The highest BCUT2D eigenvalue weighted by atomic mass is 32.1. The molecule has 5 rings (SSSR count). The maximum Gasteiger partial charge on any atom is 0.351 e. The summed E-state index contributed by atoms with van der Waals surface area (Å²) in [5.74, 6) is -0.550. The van der Waals surface area contributed by atoms with Crippen LogP contribution >= 0.6 is 11.3 Å². The summed E-state index contributed by atoms with van der Waals surface area (Å²) in [7, 11) is 0. The van der Waals surface area contributed by atoms with E-state index in [2.05, 4.69) is 10.2 Å². The number of imidazole rings is 1. The Morgan fingerprint density at radius 2 is 1.80 bits per heavy atom. The highest BCUT2D eigenvalue weighted by molar-refractivity contribution is 7.20. The second-order valence-electron chi connectivity index (χ2n) is 7.58. The van der Waals surface area contributed by atoms with Crippen molar-refractivity contribution in [3.05, 3.63) is 94.6 Å². The lowest BCUT2D eigenvalue weighted by Crippen LogP contribution is -2.16. The van der Waals surface area contributed by atoms with Gasteiger partial charge in [-0.15, -0.1) is 5.11 Å². The first kappa shape index (κ1) is 22.4. The normalized spacial score (nSPS) is 11.4. The smallest absolute Gasteiger partial charge is 0.351 e. The molecule has 8 nitrogen and oxygen atoms in total. The fourth-order valence-corrected chi connectivity index (χ4v) is 4.66. The number of hydrogen-bond donors (Lipinski definition) is 0. The molecule has 0 atom stereocenters. The van der Waals surface area contributed by atoms with E-state index in [1.807, 2.05) is 66.1 Å². The fraction of sp³-hybridized carbons (Fsp3) is 0.115. The van der Waals surface area contributed by atoms with Crippen molar-refractivity contribution in [3.8, 4) is 21.9 Å². The molecule has 0 fully saturated rings. The van der Waals surface area contributed by atoms with Crippen LogP contribution in [0.3, 0.4) is 0 Å². The zero-order valence-corrected chi connectivity index (χ0v) is 19.8. The Morgan fingerprint density at radius 3 is 2.49 bits per heavy atom. The first-order valence-electron chi connectivity index (χ1n) is 10.9. The van der Waals surface area contributed by atoms with Crippen LogP contribution in [0.4, 0.5) is 11.4 Å². The first-order valence-corrected chi connectivity index (χ1v) is 11.7. The molecule has 0 N–H and O–H groups in total. The molecule has 3 heterocycles. The quantitative estimate of drug-likeness (QED) is 0.200. The molecule has 0 aliphatic heterocycles. The predicted octanol–water partition coefficient (Wildman–Crippen LogP) is 6.58. The number of ether oxygens (including phenoxy) is 1. The van der Waals surface area contributed by atoms with Crippen molar-refractivity contribution in [2.45, 2.75) is 13.8 Å². The van der Waals surface area contributed by atoms with E-state index in [0.29, 0.717) is 10.6 Å². The van der Waals surface area contributed by atoms with Gasteiger partial charge >= 0.3 is 11.6 Å². The summed E-state index contributed by atoms with van der Waals surface area (Å²) in [5, 5.41) is 8.58. The number of benzene rings is 2. The lowest BCUT2D eigenvalue weighted by atomic mass is 10.2. The number of aromatic nitrogens is 2. The molecular formula is C26H20N4O4S. The molecule has 3 aromatic heterocycles. The van der Waals surface area contributed by atoms with Crippen LogP contribution in [0.2, 0.25) is 0 Å². The third kappa shape index (κ3) is 4.41. The number of hydrogen-bond acceptors (Lipinski definition) is 8. The van der Waals surface area contributed by atoms with Crippen LogP contribution < -0.4 is 5.63 Å². The van der Waals surface area contributed by atoms with Crippen LogP contribution in [0.15, 0.2) is 92.4 Å². The maximum atomic E-state index is 12.7. The number of thiazole rings is 1. The van der Waals surface area contributed by atoms with Gasteiger partial charge in [0, 0.05) is 17.5 Å². The number of nitrogens with zero attached hydrogens (tertiary/aromatic N) is 4. The van der Waals surface area contributed by atoms with Gasteiger partial charge in [-0.05, 0) is 32.0 Å². The molecule has 9 heteroatoms. The number of azo groups is 1. The zero-order chi connectivity index (χ0) is 24.4. The van der Waals surface area contributed by atoms with Gasteiger partial charge in [-0.25, -0.2) is 14.6 Å². The van der Waals surface area contributed by atoms with Gasteiger partial charge in [0.15, 0.2) is 10.7 Å². The summed E-state index contributed by atoms with van der Waals surface area (Å²) in [6.45, 7) is 3.71. The molecule has 0 saturated heterocycles. The minimum Gasteiger partial charge on any atom is -0.462 e. The van der Waals surface area contributed by atoms with Gasteiger partial charge in [0.1, 0.15) is 11.3 Å². The second-order valence-corrected chi connectivity index (χ2v) is 8.56. The summed E-state index contributed by atoms with van der Waals surface area (Å²) in [6, 6.07) is 20.4. The Kier molecular flexibility index (Phi) is 6.07. The van der Waals surface area contributed by atoms with E-state index in [-0.39, 0.29) is 23.6 Å². The lowest BCUT2D eigenvalue weighted by molar-refractivity contribution is 0.0521. The third-order valence-electron chi connectivity index (χ3n) is 5.29. The SMILES string of the molecule is CCOC(=O)c1cc(N=Nc2ccccc2)c(-c2sc3nc(-c4ccccc4)cn3c2C)oc1=O. The molecule has 0 unspecified atom stereocenters. The van der Waals surface area contributed by atoms with Crippen molar-refractivity contribution >= 4 is 33.6 Å². The maximum absolute atomic E-state index is 12.7. The topological polar surface area (TPSA) is 98.5 Å². The van der Waals surface area contributed by atoms with Gasteiger partial charge in [0.05, 0.1) is 22.9 Å². The van der Waals surface area contributed by atoms with Gasteiger partial charge in [0.25, 0.3) is 0 Å². The Labute approximate surface area is 204 Å². The van der Waals surface area contributed by atoms with Crippen LogP contribution in [-0.2, 0) is 4.74 Å². The first-order chi connectivity index (χ1) is 17.0. The van der Waals surface area contributed by atoms with Gasteiger partial charge in [-0.1, -0.05) is 59.9 Å². The molecule has 35 heavy (non-hydrogen) atoms. The van der Waals surface area contributed by atoms with Crippen molar-refractivity contribution in [2.75, 3.05) is 6.61 Å². The predicted molar refractivity (Wildman–Crippen MR) is 134 cm³/mol. The number of aryl methyl sites for hydroxylation is 1. The second kappa shape index (κ2) is 9.47. The number of carbonyl (C=O) groups excluding carboxylic acids is 1. The molecular weight excluding hydrogens is 464 g/mol. The molecule has 2 aromatic carbocycles. The molecule has 174 valence electrons. The molecule has 0 spiro atoms. The van der Waals surface area contributed by atoms with Crippen LogP contribution in [0.5, 0.6) is 0 Å². The zero-order valence-electron chi connectivity index (χ0n) is 19.0. The number of carbonyl (C=O) groups is 1. The Balaban J connectivity index is 1.63. The summed E-state index contributed by atoms with van der Waals surface area (Å²) in [6.07, 6.45) is 1.94. The molecule has 0 aliphatic carbocycles. The minimum absolute atomic E-state index is 0.131. The third-order valence-corrected chi connectivity index (χ3v) is 6.44. The highest BCUT2D eigenvalue weighted by Gasteiger charge is 2.23. The van der Waals surface area contributed by atoms with Crippen molar-refractivity contribution in [1.29, 1.82) is 0 Å². The average molecular weight is 485 g/mol.